The summed E-state index contributed by atoms with van der Waals surface area (Å²) < 4.78 is 4.56. The molecule has 2 aromatic carbocycles. The second-order valence-electron chi connectivity index (χ2n) is 5.11. The van der Waals surface area contributed by atoms with E-state index < -0.39 is 23.8 Å². The van der Waals surface area contributed by atoms with Crippen LogP contribution in [0.3, 0.4) is 0 Å². The average Bonchev–Trinajstić information content (AvgIpc) is 2.68. The van der Waals surface area contributed by atoms with Gasteiger partial charge in [0.15, 0.2) is 0 Å². The van der Waals surface area contributed by atoms with Crippen LogP contribution in [-0.2, 0) is 14.3 Å². The maximum absolute atomic E-state index is 11.8. The molecule has 0 heterocycles. The van der Waals surface area contributed by atoms with Gasteiger partial charge in [-0.05, 0) is 30.3 Å². The number of hydrogen-bond donors (Lipinski definition) is 3. The first-order valence-electron chi connectivity index (χ1n) is 7.57. The standard InChI is InChI=1S/C18H15N3O6/c1-27-18(26)11-6-8-13(9-7-11)20-15(22)16(23)21-19-10-12-4-2-3-5-14(12)17(24)25/h2-10H,1H3,(H,20,22)(H,21,23)(H,24,25)/b19-10-. The highest BCUT2D eigenvalue weighted by Gasteiger charge is 2.14. The third kappa shape index (κ3) is 5.23. The van der Waals surface area contributed by atoms with E-state index in [1.165, 1.54) is 43.5 Å². The molecule has 138 valence electrons. The molecule has 27 heavy (non-hydrogen) atoms. The van der Waals surface area contributed by atoms with Gasteiger partial charge in [0.05, 0.1) is 24.5 Å². The van der Waals surface area contributed by atoms with Crippen LogP contribution in [-0.4, -0.2) is 42.2 Å². The van der Waals surface area contributed by atoms with Crippen LogP contribution in [0.1, 0.15) is 26.3 Å². The fraction of sp³-hybridized carbons (Fsp3) is 0.0556. The first kappa shape index (κ1) is 19.3. The number of benzene rings is 2. The Bertz CT molecular complexity index is 906. The average molecular weight is 369 g/mol. The first-order chi connectivity index (χ1) is 12.9. The zero-order chi connectivity index (χ0) is 19.8. The molecule has 0 bridgehead atoms. The molecule has 0 aliphatic heterocycles. The number of carboxylic acids is 1. The summed E-state index contributed by atoms with van der Waals surface area (Å²) in [4.78, 5) is 46.0. The van der Waals surface area contributed by atoms with Crippen molar-refractivity contribution >= 4 is 35.7 Å². The van der Waals surface area contributed by atoms with Gasteiger partial charge in [-0.1, -0.05) is 18.2 Å². The zero-order valence-corrected chi connectivity index (χ0v) is 14.1. The van der Waals surface area contributed by atoms with Crippen molar-refractivity contribution in [1.82, 2.24) is 5.43 Å². The van der Waals surface area contributed by atoms with Gasteiger partial charge in [0.25, 0.3) is 0 Å². The Kier molecular flexibility index (Phi) is 6.37. The van der Waals surface area contributed by atoms with E-state index in [2.05, 4.69) is 15.2 Å². The molecule has 0 saturated heterocycles. The predicted molar refractivity (Wildman–Crippen MR) is 95.5 cm³/mol. The summed E-state index contributed by atoms with van der Waals surface area (Å²) in [7, 11) is 1.25. The lowest BCUT2D eigenvalue weighted by atomic mass is 10.1. The highest BCUT2D eigenvalue weighted by molar-refractivity contribution is 6.39. The van der Waals surface area contributed by atoms with Gasteiger partial charge in [-0.15, -0.1) is 0 Å². The minimum absolute atomic E-state index is 0.00523. The number of carbonyl (C=O) groups excluding carboxylic acids is 3. The van der Waals surface area contributed by atoms with Crippen molar-refractivity contribution < 1.29 is 29.0 Å². The number of hydrazone groups is 1. The van der Waals surface area contributed by atoms with Gasteiger partial charge >= 0.3 is 23.8 Å². The van der Waals surface area contributed by atoms with Crippen LogP contribution in [0.2, 0.25) is 0 Å². The van der Waals surface area contributed by atoms with Gasteiger partial charge in [-0.2, -0.15) is 5.10 Å². The van der Waals surface area contributed by atoms with Crippen LogP contribution in [0.15, 0.2) is 53.6 Å². The number of esters is 1. The highest BCUT2D eigenvalue weighted by atomic mass is 16.5. The molecule has 2 rings (SSSR count). The highest BCUT2D eigenvalue weighted by Crippen LogP contribution is 2.10. The Hall–Kier alpha value is -4.01. The summed E-state index contributed by atoms with van der Waals surface area (Å²) in [6.45, 7) is 0. The van der Waals surface area contributed by atoms with Crippen LogP contribution >= 0.6 is 0 Å². The number of ether oxygens (including phenoxy) is 1. The second kappa shape index (κ2) is 8.90. The zero-order valence-electron chi connectivity index (χ0n) is 14.1. The van der Waals surface area contributed by atoms with E-state index in [0.717, 1.165) is 6.21 Å². The minimum atomic E-state index is -1.14. The van der Waals surface area contributed by atoms with Gasteiger partial charge in [0.1, 0.15) is 0 Å². The lowest BCUT2D eigenvalue weighted by molar-refractivity contribution is -0.136. The number of anilines is 1. The number of methoxy groups -OCH3 is 1. The van der Waals surface area contributed by atoms with Gasteiger partial charge in [0, 0.05) is 11.3 Å². The second-order valence-corrected chi connectivity index (χ2v) is 5.11. The number of amides is 2. The van der Waals surface area contributed by atoms with Gasteiger partial charge in [-0.3, -0.25) is 9.59 Å². The summed E-state index contributed by atoms with van der Waals surface area (Å²) in [6.07, 6.45) is 1.12. The van der Waals surface area contributed by atoms with Crippen molar-refractivity contribution in [1.29, 1.82) is 0 Å². The summed E-state index contributed by atoms with van der Waals surface area (Å²) >= 11 is 0. The number of carboxylic acid groups (broad SMARTS) is 1. The lowest BCUT2D eigenvalue weighted by Crippen LogP contribution is -2.32. The third-order valence-corrected chi connectivity index (χ3v) is 3.33. The van der Waals surface area contributed by atoms with Crippen molar-refractivity contribution in [2.75, 3.05) is 12.4 Å². The predicted octanol–water partition coefficient (Wildman–Crippen LogP) is 1.26. The Morgan fingerprint density at radius 2 is 1.67 bits per heavy atom. The van der Waals surface area contributed by atoms with Crippen molar-refractivity contribution in [3.63, 3.8) is 0 Å². The van der Waals surface area contributed by atoms with E-state index in [1.807, 2.05) is 5.43 Å². The third-order valence-electron chi connectivity index (χ3n) is 3.33. The first-order valence-corrected chi connectivity index (χ1v) is 7.57. The molecule has 0 saturated carbocycles. The van der Waals surface area contributed by atoms with Crippen LogP contribution in [0.5, 0.6) is 0 Å². The molecule has 0 spiro atoms. The number of nitrogens with one attached hydrogen (secondary N) is 2. The van der Waals surface area contributed by atoms with Crippen molar-refractivity contribution in [3.8, 4) is 0 Å². The summed E-state index contributed by atoms with van der Waals surface area (Å²) in [5.41, 5.74) is 2.87. The van der Waals surface area contributed by atoms with E-state index >= 15 is 0 Å². The lowest BCUT2D eigenvalue weighted by Gasteiger charge is -2.05. The molecular formula is C18H15N3O6. The topological polar surface area (TPSA) is 134 Å². The molecule has 0 aromatic heterocycles. The van der Waals surface area contributed by atoms with Gasteiger partial charge < -0.3 is 15.2 Å². The summed E-state index contributed by atoms with van der Waals surface area (Å²) in [5, 5.41) is 15.0. The summed E-state index contributed by atoms with van der Waals surface area (Å²) in [5.74, 6) is -3.70. The molecule has 2 amide bonds. The summed E-state index contributed by atoms with van der Waals surface area (Å²) in [6, 6.07) is 11.8. The van der Waals surface area contributed by atoms with Crippen molar-refractivity contribution in [2.45, 2.75) is 0 Å². The molecule has 0 aliphatic rings. The molecule has 3 N–H and O–H groups in total. The van der Waals surface area contributed by atoms with Crippen LogP contribution in [0.25, 0.3) is 0 Å². The fourth-order valence-corrected chi connectivity index (χ4v) is 2.01. The van der Waals surface area contributed by atoms with E-state index in [-0.39, 0.29) is 11.1 Å². The van der Waals surface area contributed by atoms with Crippen molar-refractivity contribution in [3.05, 3.63) is 65.2 Å². The quantitative estimate of drug-likeness (QED) is 0.314. The van der Waals surface area contributed by atoms with E-state index in [9.17, 15) is 19.2 Å². The number of nitrogens with zero attached hydrogens (tertiary/aromatic N) is 1. The Balaban J connectivity index is 1.95. The number of aromatic carboxylic acids is 1. The van der Waals surface area contributed by atoms with Crippen LogP contribution in [0.4, 0.5) is 5.69 Å². The smallest absolute Gasteiger partial charge is 0.337 e. The molecule has 2 aromatic rings. The van der Waals surface area contributed by atoms with Crippen molar-refractivity contribution in [2.24, 2.45) is 5.10 Å². The molecule has 9 nitrogen and oxygen atoms in total. The van der Waals surface area contributed by atoms with E-state index in [0.29, 0.717) is 11.3 Å². The van der Waals surface area contributed by atoms with E-state index in [4.69, 9.17) is 5.11 Å². The Morgan fingerprint density at radius 3 is 2.30 bits per heavy atom. The minimum Gasteiger partial charge on any atom is -0.478 e. The molecule has 0 radical (unpaired) electrons. The van der Waals surface area contributed by atoms with Gasteiger partial charge in [0.2, 0.25) is 0 Å². The SMILES string of the molecule is COC(=O)c1ccc(NC(=O)C(=O)N/N=C\c2ccccc2C(=O)O)cc1. The molecule has 0 aliphatic carbocycles. The van der Waals surface area contributed by atoms with E-state index in [1.54, 1.807) is 12.1 Å². The molecule has 0 fully saturated rings. The number of rotatable bonds is 5. The van der Waals surface area contributed by atoms with Crippen LogP contribution < -0.4 is 10.7 Å². The molecule has 9 heteroatoms. The largest absolute Gasteiger partial charge is 0.478 e. The molecule has 0 unspecified atom stereocenters. The normalized spacial score (nSPS) is 10.3. The number of hydrogen-bond acceptors (Lipinski definition) is 6. The monoisotopic (exact) mass is 369 g/mol. The van der Waals surface area contributed by atoms with Gasteiger partial charge in [-0.25, -0.2) is 15.0 Å². The molecular weight excluding hydrogens is 354 g/mol. The van der Waals surface area contributed by atoms with Crippen LogP contribution in [0, 0.1) is 0 Å². The maximum Gasteiger partial charge on any atom is 0.337 e. The molecule has 0 atom stereocenters. The fourth-order valence-electron chi connectivity index (χ4n) is 2.01. The number of carbonyl (C=O) groups is 4. The maximum atomic E-state index is 11.8. The Labute approximate surface area is 153 Å². The Morgan fingerprint density at radius 1 is 1.00 bits per heavy atom.